The fraction of sp³-hybridized carbons (Fsp3) is 0.350. The van der Waals surface area contributed by atoms with E-state index < -0.39 is 5.82 Å². The lowest BCUT2D eigenvalue weighted by Gasteiger charge is -2.35. The Morgan fingerprint density at radius 1 is 1.28 bits per heavy atom. The molecule has 0 aromatic heterocycles. The topological polar surface area (TPSA) is 49.8 Å². The van der Waals surface area contributed by atoms with Crippen LogP contribution in [-0.2, 0) is 4.74 Å². The number of nitrogens with zero attached hydrogens (tertiary/aromatic N) is 1. The number of benzene rings is 2. The van der Waals surface area contributed by atoms with Crippen molar-refractivity contribution in [2.24, 2.45) is 0 Å². The number of carbonyl (C=O) groups is 1. The number of ether oxygens (including phenoxy) is 1. The average Bonchev–Trinajstić information content (AvgIpc) is 2.64. The summed E-state index contributed by atoms with van der Waals surface area (Å²) < 4.78 is 19.1. The maximum Gasteiger partial charge on any atom is 0.254 e. The first-order chi connectivity index (χ1) is 12.1. The van der Waals surface area contributed by atoms with E-state index in [0.717, 1.165) is 18.4 Å². The molecule has 0 bridgehead atoms. The van der Waals surface area contributed by atoms with Crippen LogP contribution in [0.3, 0.4) is 0 Å². The number of hydrogen-bond acceptors (Lipinski definition) is 3. The Labute approximate surface area is 146 Å². The van der Waals surface area contributed by atoms with E-state index in [9.17, 15) is 14.3 Å². The second-order valence-electron chi connectivity index (χ2n) is 6.26. The van der Waals surface area contributed by atoms with E-state index in [4.69, 9.17) is 4.74 Å². The van der Waals surface area contributed by atoms with Crippen molar-refractivity contribution in [1.29, 1.82) is 0 Å². The fourth-order valence-electron chi connectivity index (χ4n) is 3.18. The molecular weight excluding hydrogens is 321 g/mol. The van der Waals surface area contributed by atoms with E-state index in [2.05, 4.69) is 6.92 Å². The smallest absolute Gasteiger partial charge is 0.254 e. The first kappa shape index (κ1) is 17.4. The molecule has 0 spiro atoms. The van der Waals surface area contributed by atoms with Crippen molar-refractivity contribution >= 4 is 5.91 Å². The minimum absolute atomic E-state index is 0.0251. The third-order valence-electron chi connectivity index (χ3n) is 4.50. The molecule has 2 aromatic rings. The highest BCUT2D eigenvalue weighted by Gasteiger charge is 2.27. The highest BCUT2D eigenvalue weighted by Crippen LogP contribution is 2.26. The molecule has 0 saturated carbocycles. The zero-order valence-electron chi connectivity index (χ0n) is 14.2. The lowest BCUT2D eigenvalue weighted by molar-refractivity contribution is -0.00433. The Balaban J connectivity index is 1.87. The molecule has 1 aliphatic rings. The molecule has 25 heavy (non-hydrogen) atoms. The summed E-state index contributed by atoms with van der Waals surface area (Å²) in [4.78, 5) is 14.8. The molecule has 1 atom stereocenters. The molecular formula is C20H22FNO3. The van der Waals surface area contributed by atoms with Crippen LogP contribution in [0.1, 0.15) is 30.1 Å². The van der Waals surface area contributed by atoms with Crippen molar-refractivity contribution in [2.75, 3.05) is 19.8 Å². The van der Waals surface area contributed by atoms with Crippen LogP contribution < -0.4 is 0 Å². The second-order valence-corrected chi connectivity index (χ2v) is 6.26. The van der Waals surface area contributed by atoms with Gasteiger partial charge in [0.05, 0.1) is 19.3 Å². The van der Waals surface area contributed by atoms with Gasteiger partial charge in [-0.25, -0.2) is 4.39 Å². The summed E-state index contributed by atoms with van der Waals surface area (Å²) in [6.45, 7) is 3.80. The van der Waals surface area contributed by atoms with Crippen LogP contribution >= 0.6 is 0 Å². The third kappa shape index (κ3) is 3.82. The van der Waals surface area contributed by atoms with Crippen molar-refractivity contribution in [3.05, 3.63) is 53.8 Å². The number of phenols is 1. The monoisotopic (exact) mass is 343 g/mol. The average molecular weight is 343 g/mol. The summed E-state index contributed by atoms with van der Waals surface area (Å²) in [6, 6.07) is 11.5. The van der Waals surface area contributed by atoms with Crippen molar-refractivity contribution in [3.8, 4) is 16.9 Å². The maximum absolute atomic E-state index is 13.6. The number of morpholine rings is 1. The van der Waals surface area contributed by atoms with E-state index in [1.807, 2.05) is 11.0 Å². The number of amides is 1. The first-order valence-electron chi connectivity index (χ1n) is 8.58. The zero-order valence-corrected chi connectivity index (χ0v) is 14.2. The lowest BCUT2D eigenvalue weighted by Crippen LogP contribution is -2.48. The van der Waals surface area contributed by atoms with Crippen LogP contribution in [0.15, 0.2) is 42.5 Å². The predicted octanol–water partition coefficient (Wildman–Crippen LogP) is 3.84. The van der Waals surface area contributed by atoms with Gasteiger partial charge in [-0.3, -0.25) is 4.79 Å². The van der Waals surface area contributed by atoms with Gasteiger partial charge in [0.15, 0.2) is 11.6 Å². The zero-order chi connectivity index (χ0) is 17.8. The quantitative estimate of drug-likeness (QED) is 0.918. The van der Waals surface area contributed by atoms with Gasteiger partial charge in [0, 0.05) is 12.1 Å². The van der Waals surface area contributed by atoms with Gasteiger partial charge in [-0.2, -0.15) is 0 Å². The van der Waals surface area contributed by atoms with Gasteiger partial charge < -0.3 is 14.7 Å². The summed E-state index contributed by atoms with van der Waals surface area (Å²) in [5.74, 6) is -1.08. The van der Waals surface area contributed by atoms with Crippen LogP contribution in [-0.4, -0.2) is 41.7 Å². The van der Waals surface area contributed by atoms with E-state index in [1.54, 1.807) is 24.3 Å². The van der Waals surface area contributed by atoms with E-state index in [1.165, 1.54) is 12.1 Å². The molecule has 132 valence electrons. The normalized spacial score (nSPS) is 17.5. The Bertz CT molecular complexity index is 760. The number of hydrogen-bond donors (Lipinski definition) is 1. The Kier molecular flexibility index (Phi) is 5.34. The highest BCUT2D eigenvalue weighted by molar-refractivity contribution is 5.95. The number of carbonyl (C=O) groups excluding carboxylic acids is 1. The second kappa shape index (κ2) is 7.66. The molecule has 4 nitrogen and oxygen atoms in total. The summed E-state index contributed by atoms with van der Waals surface area (Å²) in [6.07, 6.45) is 1.90. The number of halogens is 1. The van der Waals surface area contributed by atoms with E-state index in [0.29, 0.717) is 30.9 Å². The van der Waals surface area contributed by atoms with Crippen LogP contribution in [0.4, 0.5) is 4.39 Å². The minimum atomic E-state index is -0.676. The fourth-order valence-corrected chi connectivity index (χ4v) is 3.18. The maximum atomic E-state index is 13.6. The molecule has 0 radical (unpaired) electrons. The van der Waals surface area contributed by atoms with Crippen LogP contribution in [0, 0.1) is 5.82 Å². The predicted molar refractivity (Wildman–Crippen MR) is 94.1 cm³/mol. The molecule has 1 heterocycles. The van der Waals surface area contributed by atoms with Gasteiger partial charge >= 0.3 is 0 Å². The standard InChI is InChI=1S/C20H22FNO3/c1-2-4-17-13-25-10-9-22(17)20(24)16-6-3-5-14(11-16)15-7-8-19(23)18(21)12-15/h3,5-8,11-12,17,23H,2,4,9-10,13H2,1H3. The molecule has 1 amide bonds. The Morgan fingerprint density at radius 2 is 2.08 bits per heavy atom. The largest absolute Gasteiger partial charge is 0.505 e. The molecule has 1 saturated heterocycles. The summed E-state index contributed by atoms with van der Waals surface area (Å²) >= 11 is 0. The number of rotatable bonds is 4. The summed E-state index contributed by atoms with van der Waals surface area (Å²) in [7, 11) is 0. The molecule has 1 fully saturated rings. The lowest BCUT2D eigenvalue weighted by atomic mass is 10.0. The SMILES string of the molecule is CCCC1COCCN1C(=O)c1cccc(-c2ccc(O)c(F)c2)c1. The molecule has 1 unspecified atom stereocenters. The molecule has 0 aliphatic carbocycles. The van der Waals surface area contributed by atoms with Crippen molar-refractivity contribution < 1.29 is 19.0 Å². The van der Waals surface area contributed by atoms with E-state index >= 15 is 0 Å². The summed E-state index contributed by atoms with van der Waals surface area (Å²) in [5, 5.41) is 9.34. The molecule has 2 aromatic carbocycles. The minimum Gasteiger partial charge on any atom is -0.505 e. The van der Waals surface area contributed by atoms with Gasteiger partial charge in [-0.05, 0) is 41.8 Å². The number of aromatic hydroxyl groups is 1. The first-order valence-corrected chi connectivity index (χ1v) is 8.58. The van der Waals surface area contributed by atoms with Gasteiger partial charge in [0.1, 0.15) is 0 Å². The van der Waals surface area contributed by atoms with Gasteiger partial charge in [-0.15, -0.1) is 0 Å². The van der Waals surface area contributed by atoms with Gasteiger partial charge in [0.2, 0.25) is 0 Å². The summed E-state index contributed by atoms with van der Waals surface area (Å²) in [5.41, 5.74) is 1.94. The van der Waals surface area contributed by atoms with Crippen molar-refractivity contribution in [2.45, 2.75) is 25.8 Å². The van der Waals surface area contributed by atoms with Gasteiger partial charge in [0.25, 0.3) is 5.91 Å². The van der Waals surface area contributed by atoms with Gasteiger partial charge in [-0.1, -0.05) is 31.5 Å². The molecule has 3 rings (SSSR count). The van der Waals surface area contributed by atoms with Crippen LogP contribution in [0.25, 0.3) is 11.1 Å². The Hall–Kier alpha value is -2.40. The van der Waals surface area contributed by atoms with E-state index in [-0.39, 0.29) is 17.7 Å². The number of phenolic OH excluding ortho intramolecular Hbond substituents is 1. The molecule has 5 heteroatoms. The van der Waals surface area contributed by atoms with Crippen molar-refractivity contribution in [1.82, 2.24) is 4.90 Å². The third-order valence-corrected chi connectivity index (χ3v) is 4.50. The molecule has 1 aliphatic heterocycles. The highest BCUT2D eigenvalue weighted by atomic mass is 19.1. The van der Waals surface area contributed by atoms with Crippen molar-refractivity contribution in [3.63, 3.8) is 0 Å². The van der Waals surface area contributed by atoms with Crippen LogP contribution in [0.2, 0.25) is 0 Å². The molecule has 1 N–H and O–H groups in total. The van der Waals surface area contributed by atoms with Crippen LogP contribution in [0.5, 0.6) is 5.75 Å². The Morgan fingerprint density at radius 3 is 2.84 bits per heavy atom.